The van der Waals surface area contributed by atoms with Crippen molar-refractivity contribution in [2.75, 3.05) is 34.9 Å². The van der Waals surface area contributed by atoms with E-state index >= 15 is 0 Å². The number of hydrogen-bond acceptors (Lipinski definition) is 7. The fraction of sp³-hybridized carbons (Fsp3) is 0.600. The van der Waals surface area contributed by atoms with Crippen molar-refractivity contribution in [3.63, 3.8) is 0 Å². The van der Waals surface area contributed by atoms with Crippen LogP contribution in [0.15, 0.2) is 0 Å². The number of nitrogen functional groups attached to an aromatic ring is 1. The molecule has 0 radical (unpaired) electrons. The van der Waals surface area contributed by atoms with Gasteiger partial charge in [0.05, 0.1) is 11.5 Å². The highest BCUT2D eigenvalue weighted by molar-refractivity contribution is 7.91. The van der Waals surface area contributed by atoms with E-state index in [2.05, 4.69) is 15.4 Å². The number of nitrogens with two attached hydrogens (primary N) is 1. The molecule has 3 N–H and O–H groups in total. The molecule has 1 aliphatic heterocycles. The van der Waals surface area contributed by atoms with Crippen LogP contribution in [-0.2, 0) is 9.84 Å². The summed E-state index contributed by atoms with van der Waals surface area (Å²) < 4.78 is 22.8. The Morgan fingerprint density at radius 3 is 2.39 bits per heavy atom. The van der Waals surface area contributed by atoms with E-state index in [9.17, 15) is 8.42 Å². The summed E-state index contributed by atoms with van der Waals surface area (Å²) in [6.07, 6.45) is 0. The van der Waals surface area contributed by atoms with Crippen LogP contribution in [0.5, 0.6) is 0 Å². The largest absolute Gasteiger partial charge is 0.354 e. The van der Waals surface area contributed by atoms with Crippen molar-refractivity contribution in [1.29, 1.82) is 0 Å². The summed E-state index contributed by atoms with van der Waals surface area (Å²) in [5.74, 6) is 7.68. The van der Waals surface area contributed by atoms with Gasteiger partial charge in [-0.25, -0.2) is 24.2 Å². The monoisotopic (exact) mass is 271 g/mol. The summed E-state index contributed by atoms with van der Waals surface area (Å²) in [5, 5.41) is 0. The van der Waals surface area contributed by atoms with Gasteiger partial charge in [0.15, 0.2) is 9.84 Å². The average molecular weight is 271 g/mol. The van der Waals surface area contributed by atoms with E-state index in [4.69, 9.17) is 5.84 Å². The van der Waals surface area contributed by atoms with Gasteiger partial charge in [-0.3, -0.25) is 0 Å². The fourth-order valence-corrected chi connectivity index (χ4v) is 3.19. The van der Waals surface area contributed by atoms with Crippen LogP contribution in [0.2, 0.25) is 0 Å². The number of hydrazine groups is 1. The van der Waals surface area contributed by atoms with Gasteiger partial charge in [0.1, 0.15) is 17.5 Å². The third-order valence-electron chi connectivity index (χ3n) is 3.01. The summed E-state index contributed by atoms with van der Waals surface area (Å²) in [6.45, 7) is 4.57. The Balaban J connectivity index is 2.32. The van der Waals surface area contributed by atoms with Gasteiger partial charge in [-0.2, -0.15) is 0 Å². The van der Waals surface area contributed by atoms with Gasteiger partial charge in [-0.05, 0) is 13.8 Å². The molecule has 100 valence electrons. The summed E-state index contributed by atoms with van der Waals surface area (Å²) in [4.78, 5) is 10.5. The Labute approximate surface area is 106 Å². The first-order valence-electron chi connectivity index (χ1n) is 5.70. The molecular weight excluding hydrogens is 254 g/mol. The van der Waals surface area contributed by atoms with E-state index in [-0.39, 0.29) is 11.5 Å². The molecule has 1 aromatic heterocycles. The van der Waals surface area contributed by atoms with Gasteiger partial charge >= 0.3 is 0 Å². The van der Waals surface area contributed by atoms with Crippen LogP contribution in [0.1, 0.15) is 11.4 Å². The standard InChI is InChI=1S/C10H17N5O2S/c1-7-9(14-11)12-8(2)13-10(7)15-3-5-18(16,17)6-4-15/h3-6,11H2,1-2H3,(H,12,13,14). The molecule has 0 aliphatic carbocycles. The molecule has 8 heteroatoms. The zero-order valence-electron chi connectivity index (χ0n) is 10.5. The van der Waals surface area contributed by atoms with Gasteiger partial charge in [0.2, 0.25) is 0 Å². The second kappa shape index (κ2) is 4.69. The highest BCUT2D eigenvalue weighted by Gasteiger charge is 2.24. The Kier molecular flexibility index (Phi) is 3.40. The smallest absolute Gasteiger partial charge is 0.153 e. The first-order chi connectivity index (χ1) is 8.43. The van der Waals surface area contributed by atoms with Gasteiger partial charge < -0.3 is 10.3 Å². The Bertz CT molecular complexity index is 544. The number of sulfone groups is 1. The Hall–Kier alpha value is -1.41. The predicted octanol–water partition coefficient (Wildman–Crippen LogP) is -0.386. The molecule has 7 nitrogen and oxygen atoms in total. The number of anilines is 2. The van der Waals surface area contributed by atoms with Gasteiger partial charge in [0.25, 0.3) is 0 Å². The summed E-state index contributed by atoms with van der Waals surface area (Å²) in [6, 6.07) is 0. The van der Waals surface area contributed by atoms with Crippen LogP contribution >= 0.6 is 0 Å². The maximum Gasteiger partial charge on any atom is 0.153 e. The van der Waals surface area contributed by atoms with Crippen molar-refractivity contribution in [3.8, 4) is 0 Å². The normalized spacial score (nSPS) is 18.7. The number of nitrogens with one attached hydrogen (secondary N) is 1. The van der Waals surface area contributed by atoms with Crippen LogP contribution in [-0.4, -0.2) is 43.0 Å². The lowest BCUT2D eigenvalue weighted by Crippen LogP contribution is -2.41. The minimum atomic E-state index is -2.89. The van der Waals surface area contributed by atoms with E-state index in [1.807, 2.05) is 11.8 Å². The second-order valence-corrected chi connectivity index (χ2v) is 6.65. The molecule has 1 saturated heterocycles. The molecule has 0 atom stereocenters. The van der Waals surface area contributed by atoms with Crippen LogP contribution in [0, 0.1) is 13.8 Å². The highest BCUT2D eigenvalue weighted by Crippen LogP contribution is 2.24. The zero-order valence-corrected chi connectivity index (χ0v) is 11.3. The SMILES string of the molecule is Cc1nc(NN)c(C)c(N2CCS(=O)(=O)CC2)n1. The number of aryl methyl sites for hydroxylation is 1. The van der Waals surface area contributed by atoms with E-state index in [0.717, 1.165) is 11.4 Å². The molecule has 18 heavy (non-hydrogen) atoms. The third kappa shape index (κ3) is 2.54. The lowest BCUT2D eigenvalue weighted by Gasteiger charge is -2.29. The number of nitrogens with zero attached hydrogens (tertiary/aromatic N) is 3. The number of hydrogen-bond donors (Lipinski definition) is 2. The van der Waals surface area contributed by atoms with Crippen molar-refractivity contribution >= 4 is 21.5 Å². The lowest BCUT2D eigenvalue weighted by atomic mass is 10.2. The maximum atomic E-state index is 11.4. The molecule has 0 bridgehead atoms. The second-order valence-electron chi connectivity index (χ2n) is 4.35. The van der Waals surface area contributed by atoms with Gasteiger partial charge in [-0.1, -0.05) is 0 Å². The summed E-state index contributed by atoms with van der Waals surface area (Å²) in [7, 11) is -2.89. The molecule has 1 aromatic rings. The van der Waals surface area contributed by atoms with Crippen LogP contribution < -0.4 is 16.2 Å². The Morgan fingerprint density at radius 1 is 1.22 bits per heavy atom. The molecule has 0 unspecified atom stereocenters. The molecule has 1 aliphatic rings. The summed E-state index contributed by atoms with van der Waals surface area (Å²) >= 11 is 0. The Morgan fingerprint density at radius 2 is 1.83 bits per heavy atom. The molecular formula is C10H17N5O2S. The summed E-state index contributed by atoms with van der Waals surface area (Å²) in [5.41, 5.74) is 3.37. The molecule has 0 aromatic carbocycles. The molecule has 2 heterocycles. The zero-order chi connectivity index (χ0) is 13.3. The highest BCUT2D eigenvalue weighted by atomic mass is 32.2. The van der Waals surface area contributed by atoms with E-state index in [1.54, 1.807) is 6.92 Å². The molecule has 0 spiro atoms. The minimum Gasteiger partial charge on any atom is -0.354 e. The first kappa shape index (κ1) is 13.0. The lowest BCUT2D eigenvalue weighted by molar-refractivity contribution is 0.586. The fourth-order valence-electron chi connectivity index (χ4n) is 1.99. The molecule has 1 fully saturated rings. The first-order valence-corrected chi connectivity index (χ1v) is 7.52. The van der Waals surface area contributed by atoms with Crippen molar-refractivity contribution in [2.45, 2.75) is 13.8 Å². The van der Waals surface area contributed by atoms with Gasteiger partial charge in [0, 0.05) is 18.7 Å². The van der Waals surface area contributed by atoms with Crippen molar-refractivity contribution in [2.24, 2.45) is 5.84 Å². The van der Waals surface area contributed by atoms with Crippen LogP contribution in [0.3, 0.4) is 0 Å². The van der Waals surface area contributed by atoms with E-state index in [0.29, 0.717) is 24.7 Å². The van der Waals surface area contributed by atoms with Crippen LogP contribution in [0.25, 0.3) is 0 Å². The number of aromatic nitrogens is 2. The van der Waals surface area contributed by atoms with Gasteiger partial charge in [-0.15, -0.1) is 0 Å². The molecule has 0 saturated carbocycles. The van der Waals surface area contributed by atoms with Crippen molar-refractivity contribution in [3.05, 3.63) is 11.4 Å². The molecule has 0 amide bonds. The van der Waals surface area contributed by atoms with E-state index in [1.165, 1.54) is 0 Å². The minimum absolute atomic E-state index is 0.168. The molecule has 2 rings (SSSR count). The van der Waals surface area contributed by atoms with Crippen molar-refractivity contribution < 1.29 is 8.42 Å². The third-order valence-corrected chi connectivity index (χ3v) is 4.62. The van der Waals surface area contributed by atoms with Crippen LogP contribution in [0.4, 0.5) is 11.6 Å². The van der Waals surface area contributed by atoms with E-state index < -0.39 is 9.84 Å². The maximum absolute atomic E-state index is 11.4. The number of rotatable bonds is 2. The van der Waals surface area contributed by atoms with Crippen molar-refractivity contribution in [1.82, 2.24) is 9.97 Å². The topological polar surface area (TPSA) is 101 Å². The average Bonchev–Trinajstić information content (AvgIpc) is 2.32. The predicted molar refractivity (Wildman–Crippen MR) is 70.2 cm³/mol. The quantitative estimate of drug-likeness (QED) is 0.558.